The molecule has 1 fully saturated rings. The van der Waals surface area contributed by atoms with E-state index in [1.807, 2.05) is 6.26 Å². The Bertz CT molecular complexity index is 598. The number of anilines is 1. The van der Waals surface area contributed by atoms with Gasteiger partial charge in [0, 0.05) is 22.5 Å². The smallest absolute Gasteiger partial charge is 0.241 e. The number of nitrogens with two attached hydrogens (primary N) is 1. The van der Waals surface area contributed by atoms with Gasteiger partial charge in [0.05, 0.1) is 4.90 Å². The molecule has 0 saturated heterocycles. The quantitative estimate of drug-likeness (QED) is 0.815. The molecule has 7 heteroatoms. The molecule has 0 bridgehead atoms. The molecule has 4 nitrogen and oxygen atoms in total. The van der Waals surface area contributed by atoms with Crippen LogP contribution in [0.3, 0.4) is 0 Å². The Morgan fingerprint density at radius 2 is 2.11 bits per heavy atom. The molecule has 1 saturated carbocycles. The fourth-order valence-electron chi connectivity index (χ4n) is 1.85. The van der Waals surface area contributed by atoms with Gasteiger partial charge in [0.2, 0.25) is 10.0 Å². The maximum absolute atomic E-state index is 13.5. The highest BCUT2D eigenvalue weighted by Crippen LogP contribution is 2.46. The largest absolute Gasteiger partial charge is 0.399 e. The highest BCUT2D eigenvalue weighted by molar-refractivity contribution is 8.00. The summed E-state index contributed by atoms with van der Waals surface area (Å²) in [6, 6.07) is 2.41. The van der Waals surface area contributed by atoms with E-state index in [1.54, 1.807) is 11.8 Å². The van der Waals surface area contributed by atoms with E-state index in [1.165, 1.54) is 13.0 Å². The van der Waals surface area contributed by atoms with Crippen molar-refractivity contribution in [2.75, 3.05) is 18.5 Å². The van der Waals surface area contributed by atoms with Crippen LogP contribution in [0.2, 0.25) is 0 Å². The number of sulfonamides is 1. The SMILES string of the molecule is CSC1(CNS(=O)(=O)c2cc(N)cc(F)c2C)CC1. The van der Waals surface area contributed by atoms with E-state index in [4.69, 9.17) is 5.73 Å². The molecule has 19 heavy (non-hydrogen) atoms. The van der Waals surface area contributed by atoms with Crippen LogP contribution in [-0.4, -0.2) is 26.0 Å². The second-order valence-electron chi connectivity index (χ2n) is 4.84. The van der Waals surface area contributed by atoms with E-state index < -0.39 is 15.8 Å². The maximum atomic E-state index is 13.5. The molecular weight excluding hydrogens is 287 g/mol. The fraction of sp³-hybridized carbons (Fsp3) is 0.500. The summed E-state index contributed by atoms with van der Waals surface area (Å²) < 4.78 is 40.5. The number of rotatable bonds is 5. The first-order valence-corrected chi connectivity index (χ1v) is 8.61. The molecule has 0 unspecified atom stereocenters. The lowest BCUT2D eigenvalue weighted by molar-refractivity contribution is 0.573. The van der Waals surface area contributed by atoms with Crippen molar-refractivity contribution in [1.82, 2.24) is 4.72 Å². The Kier molecular flexibility index (Phi) is 3.81. The first kappa shape index (κ1) is 14.6. The highest BCUT2D eigenvalue weighted by atomic mass is 32.2. The van der Waals surface area contributed by atoms with Crippen molar-refractivity contribution in [2.24, 2.45) is 0 Å². The van der Waals surface area contributed by atoms with Crippen LogP contribution in [-0.2, 0) is 10.0 Å². The van der Waals surface area contributed by atoms with Gasteiger partial charge < -0.3 is 5.73 Å². The zero-order valence-electron chi connectivity index (χ0n) is 10.9. The summed E-state index contributed by atoms with van der Waals surface area (Å²) >= 11 is 1.66. The molecule has 1 aromatic carbocycles. The number of hydrogen-bond acceptors (Lipinski definition) is 4. The lowest BCUT2D eigenvalue weighted by Crippen LogP contribution is -2.32. The van der Waals surface area contributed by atoms with Crippen molar-refractivity contribution >= 4 is 27.5 Å². The van der Waals surface area contributed by atoms with Gasteiger partial charge in [0.25, 0.3) is 0 Å². The van der Waals surface area contributed by atoms with Gasteiger partial charge in [-0.25, -0.2) is 17.5 Å². The topological polar surface area (TPSA) is 72.2 Å². The highest BCUT2D eigenvalue weighted by Gasteiger charge is 2.42. The number of nitrogen functional groups attached to an aromatic ring is 1. The molecule has 0 atom stereocenters. The zero-order chi connectivity index (χ0) is 14.3. The Morgan fingerprint density at radius 1 is 1.47 bits per heavy atom. The van der Waals surface area contributed by atoms with E-state index >= 15 is 0 Å². The van der Waals surface area contributed by atoms with Gasteiger partial charge in [0.1, 0.15) is 5.82 Å². The van der Waals surface area contributed by atoms with E-state index in [-0.39, 0.29) is 20.9 Å². The van der Waals surface area contributed by atoms with Gasteiger partial charge in [-0.2, -0.15) is 11.8 Å². The predicted octanol–water partition coefficient (Wildman–Crippen LogP) is 1.89. The minimum Gasteiger partial charge on any atom is -0.399 e. The second kappa shape index (κ2) is 4.96. The lowest BCUT2D eigenvalue weighted by Gasteiger charge is -2.15. The van der Waals surface area contributed by atoms with Crippen LogP contribution < -0.4 is 10.5 Å². The average Bonchev–Trinajstić information content (AvgIpc) is 3.12. The first-order chi connectivity index (χ1) is 8.80. The van der Waals surface area contributed by atoms with Crippen LogP contribution in [0.15, 0.2) is 17.0 Å². The Balaban J connectivity index is 2.25. The summed E-state index contributed by atoms with van der Waals surface area (Å²) in [5.74, 6) is -0.605. The van der Waals surface area contributed by atoms with Gasteiger partial charge >= 0.3 is 0 Å². The third-order valence-corrected chi connectivity index (χ3v) is 6.38. The predicted molar refractivity (Wildman–Crippen MR) is 76.2 cm³/mol. The lowest BCUT2D eigenvalue weighted by atomic mass is 10.2. The summed E-state index contributed by atoms with van der Waals surface area (Å²) in [6.07, 6.45) is 3.97. The number of halogens is 1. The maximum Gasteiger partial charge on any atom is 0.241 e. The molecule has 0 aliphatic heterocycles. The summed E-state index contributed by atoms with van der Waals surface area (Å²) in [7, 11) is -3.72. The third kappa shape index (κ3) is 3.04. The van der Waals surface area contributed by atoms with Gasteiger partial charge in [-0.05, 0) is 38.2 Å². The molecule has 0 aromatic heterocycles. The molecule has 106 valence electrons. The number of benzene rings is 1. The Labute approximate surface area is 117 Å². The average molecular weight is 304 g/mol. The van der Waals surface area contributed by atoms with Crippen molar-refractivity contribution in [2.45, 2.75) is 29.4 Å². The molecule has 1 aromatic rings. The van der Waals surface area contributed by atoms with Crippen molar-refractivity contribution in [1.29, 1.82) is 0 Å². The van der Waals surface area contributed by atoms with Crippen molar-refractivity contribution in [3.63, 3.8) is 0 Å². The minimum atomic E-state index is -3.72. The minimum absolute atomic E-state index is 0.0137. The summed E-state index contributed by atoms with van der Waals surface area (Å²) in [5, 5.41) is 0. The second-order valence-corrected chi connectivity index (χ2v) is 7.85. The third-order valence-electron chi connectivity index (χ3n) is 3.43. The van der Waals surface area contributed by atoms with Gasteiger partial charge in [-0.3, -0.25) is 0 Å². The van der Waals surface area contributed by atoms with E-state index in [0.29, 0.717) is 6.54 Å². The molecular formula is C12H17FN2O2S2. The van der Waals surface area contributed by atoms with E-state index in [2.05, 4.69) is 4.72 Å². The molecule has 1 aliphatic carbocycles. The molecule has 0 heterocycles. The summed E-state index contributed by atoms with van der Waals surface area (Å²) in [6.45, 7) is 1.80. The molecule has 2 rings (SSSR count). The zero-order valence-corrected chi connectivity index (χ0v) is 12.5. The Hall–Kier alpha value is -0.790. The molecule has 3 N–H and O–H groups in total. The molecule has 0 spiro atoms. The number of thioether (sulfide) groups is 1. The van der Waals surface area contributed by atoms with Crippen LogP contribution in [0.5, 0.6) is 0 Å². The Morgan fingerprint density at radius 3 is 2.63 bits per heavy atom. The monoisotopic (exact) mass is 304 g/mol. The molecule has 0 amide bonds. The summed E-state index contributed by atoms with van der Waals surface area (Å²) in [5.41, 5.74) is 5.71. The summed E-state index contributed by atoms with van der Waals surface area (Å²) in [4.78, 5) is -0.0816. The van der Waals surface area contributed by atoms with Crippen molar-refractivity contribution in [3.8, 4) is 0 Å². The normalized spacial score (nSPS) is 17.4. The van der Waals surface area contributed by atoms with Crippen LogP contribution in [0.1, 0.15) is 18.4 Å². The van der Waals surface area contributed by atoms with Crippen LogP contribution >= 0.6 is 11.8 Å². The molecule has 0 radical (unpaired) electrons. The van der Waals surface area contributed by atoms with Crippen LogP contribution in [0.4, 0.5) is 10.1 Å². The van der Waals surface area contributed by atoms with Crippen LogP contribution in [0.25, 0.3) is 0 Å². The van der Waals surface area contributed by atoms with Crippen molar-refractivity contribution in [3.05, 3.63) is 23.5 Å². The van der Waals surface area contributed by atoms with Crippen molar-refractivity contribution < 1.29 is 12.8 Å². The van der Waals surface area contributed by atoms with Crippen LogP contribution in [0, 0.1) is 12.7 Å². The fourth-order valence-corrected chi connectivity index (χ4v) is 4.08. The number of nitrogens with one attached hydrogen (secondary N) is 1. The van der Waals surface area contributed by atoms with Gasteiger partial charge in [0.15, 0.2) is 0 Å². The molecule has 1 aliphatic rings. The van der Waals surface area contributed by atoms with Gasteiger partial charge in [-0.15, -0.1) is 0 Å². The standard InChI is InChI=1S/C12H17FN2O2S2/c1-8-10(13)5-9(14)6-11(8)19(16,17)15-7-12(18-2)3-4-12/h5-6,15H,3-4,7,14H2,1-2H3. The van der Waals surface area contributed by atoms with E-state index in [9.17, 15) is 12.8 Å². The van der Waals surface area contributed by atoms with Gasteiger partial charge in [-0.1, -0.05) is 0 Å². The first-order valence-electron chi connectivity index (χ1n) is 5.90. The number of hydrogen-bond donors (Lipinski definition) is 2. The van der Waals surface area contributed by atoms with E-state index in [0.717, 1.165) is 18.9 Å².